The number of aliphatic imine (C=N–C) groups is 1. The molecular weight excluding hydrogens is 483 g/mol. The summed E-state index contributed by atoms with van der Waals surface area (Å²) in [5.41, 5.74) is 0. The number of thioether (sulfide) groups is 1. The summed E-state index contributed by atoms with van der Waals surface area (Å²) >= 11 is 1.97. The fourth-order valence-electron chi connectivity index (χ4n) is 4.81. The Bertz CT molecular complexity index is 467. The van der Waals surface area contributed by atoms with Gasteiger partial charge in [0.25, 0.3) is 0 Å². The molecule has 1 aliphatic carbocycles. The number of nitrogens with zero attached hydrogens (tertiary/aromatic N) is 2. The molecule has 2 N–H and O–H groups in total. The molecule has 0 amide bonds. The molecule has 28 heavy (non-hydrogen) atoms. The van der Waals surface area contributed by atoms with Crippen molar-refractivity contribution in [2.24, 2.45) is 4.99 Å². The van der Waals surface area contributed by atoms with Crippen LogP contribution in [0.4, 0.5) is 0 Å². The molecule has 1 unspecified atom stereocenters. The van der Waals surface area contributed by atoms with Gasteiger partial charge in [0.05, 0.1) is 6.54 Å². The molecule has 3 rings (SSSR count). The van der Waals surface area contributed by atoms with E-state index >= 15 is 0 Å². The second-order valence-electron chi connectivity index (χ2n) is 8.46. The van der Waals surface area contributed by atoms with E-state index < -0.39 is 0 Å². The van der Waals surface area contributed by atoms with Crippen molar-refractivity contribution in [3.63, 3.8) is 0 Å². The molecule has 1 atom stereocenters. The average Bonchev–Trinajstić information content (AvgIpc) is 2.74. The van der Waals surface area contributed by atoms with E-state index in [0.717, 1.165) is 51.1 Å². The third-order valence-corrected chi connectivity index (χ3v) is 7.99. The van der Waals surface area contributed by atoms with Crippen LogP contribution in [0.2, 0.25) is 0 Å². The summed E-state index contributed by atoms with van der Waals surface area (Å²) in [6.07, 6.45) is 14.1. The first-order valence-electron chi connectivity index (χ1n) is 11.2. The van der Waals surface area contributed by atoms with Crippen LogP contribution in [0, 0.1) is 0 Å². The molecule has 0 aromatic rings. The van der Waals surface area contributed by atoms with Gasteiger partial charge in [0.1, 0.15) is 0 Å². The van der Waals surface area contributed by atoms with Crippen molar-refractivity contribution in [1.29, 1.82) is 0 Å². The summed E-state index contributed by atoms with van der Waals surface area (Å²) in [5.74, 6) is 1.01. The van der Waals surface area contributed by atoms with Crippen LogP contribution in [0.15, 0.2) is 4.99 Å². The standard InChI is InChI=1S/C21H40N4OS.HI/c1-3-22-20(23-17-21(27-2)11-14-26-15-12-21)24-18-8-7-13-25(16-18)19-9-5-4-6-10-19;/h18-19H,3-17H2,1-2H3,(H2,22,23,24);1H. The Labute approximate surface area is 193 Å². The minimum Gasteiger partial charge on any atom is -0.381 e. The van der Waals surface area contributed by atoms with E-state index in [2.05, 4.69) is 28.7 Å². The number of halogens is 1. The summed E-state index contributed by atoms with van der Waals surface area (Å²) in [7, 11) is 0. The van der Waals surface area contributed by atoms with Crippen LogP contribution in [-0.4, -0.2) is 73.3 Å². The molecule has 0 spiro atoms. The van der Waals surface area contributed by atoms with Crippen LogP contribution in [0.5, 0.6) is 0 Å². The van der Waals surface area contributed by atoms with Gasteiger partial charge in [0.2, 0.25) is 0 Å². The number of hydrogen-bond donors (Lipinski definition) is 2. The Morgan fingerprint density at radius 3 is 2.57 bits per heavy atom. The quantitative estimate of drug-likeness (QED) is 0.314. The first-order chi connectivity index (χ1) is 13.2. The second kappa shape index (κ2) is 12.8. The number of ether oxygens (including phenoxy) is 1. The Kier molecular flexibility index (Phi) is 11.3. The molecule has 0 bridgehead atoms. The van der Waals surface area contributed by atoms with Crippen molar-refractivity contribution in [1.82, 2.24) is 15.5 Å². The van der Waals surface area contributed by atoms with Crippen LogP contribution >= 0.6 is 35.7 Å². The van der Waals surface area contributed by atoms with Gasteiger partial charge < -0.3 is 15.4 Å². The molecule has 3 fully saturated rings. The summed E-state index contributed by atoms with van der Waals surface area (Å²) in [4.78, 5) is 7.77. The Morgan fingerprint density at radius 2 is 1.89 bits per heavy atom. The van der Waals surface area contributed by atoms with Gasteiger partial charge in [-0.2, -0.15) is 11.8 Å². The first-order valence-corrected chi connectivity index (χ1v) is 12.4. The van der Waals surface area contributed by atoms with Gasteiger partial charge in [-0.15, -0.1) is 24.0 Å². The van der Waals surface area contributed by atoms with E-state index in [-0.39, 0.29) is 28.7 Å². The van der Waals surface area contributed by atoms with E-state index in [1.54, 1.807) is 0 Å². The smallest absolute Gasteiger partial charge is 0.191 e. The third kappa shape index (κ3) is 7.20. The van der Waals surface area contributed by atoms with Gasteiger partial charge in [-0.25, -0.2) is 0 Å². The highest BCUT2D eigenvalue weighted by atomic mass is 127. The number of rotatable bonds is 6. The summed E-state index contributed by atoms with van der Waals surface area (Å²) in [6, 6.07) is 1.35. The van der Waals surface area contributed by atoms with E-state index in [9.17, 15) is 0 Å². The fourth-order valence-corrected chi connectivity index (χ4v) is 5.58. The summed E-state index contributed by atoms with van der Waals surface area (Å²) in [5, 5.41) is 7.25. The molecule has 2 saturated heterocycles. The summed E-state index contributed by atoms with van der Waals surface area (Å²) < 4.78 is 5.82. The number of piperidine rings is 1. The molecule has 0 aromatic heterocycles. The Hall–Kier alpha value is 0.270. The molecule has 5 nitrogen and oxygen atoms in total. The van der Waals surface area contributed by atoms with Crippen LogP contribution in [0.3, 0.4) is 0 Å². The maximum absolute atomic E-state index is 5.57. The van der Waals surface area contributed by atoms with Gasteiger partial charge in [0.15, 0.2) is 5.96 Å². The maximum Gasteiger partial charge on any atom is 0.191 e. The van der Waals surface area contributed by atoms with Crippen molar-refractivity contribution < 1.29 is 4.74 Å². The van der Waals surface area contributed by atoms with Crippen LogP contribution in [-0.2, 0) is 4.74 Å². The molecule has 7 heteroatoms. The predicted octanol–water partition coefficient (Wildman–Crippen LogP) is 3.87. The topological polar surface area (TPSA) is 48.9 Å². The van der Waals surface area contributed by atoms with Crippen molar-refractivity contribution >= 4 is 41.7 Å². The Balaban J connectivity index is 0.00000280. The lowest BCUT2D eigenvalue weighted by atomic mass is 9.92. The SMILES string of the molecule is CCNC(=NCC1(SC)CCOCC1)NC1CCCN(C2CCCCC2)C1.I. The normalized spacial score (nSPS) is 27.1. The molecule has 164 valence electrons. The lowest BCUT2D eigenvalue weighted by Gasteiger charge is -2.40. The molecule has 1 saturated carbocycles. The molecule has 0 radical (unpaired) electrons. The summed E-state index contributed by atoms with van der Waals surface area (Å²) in [6.45, 7) is 8.17. The number of guanidine groups is 1. The van der Waals surface area contributed by atoms with Crippen molar-refractivity contribution in [3.8, 4) is 0 Å². The second-order valence-corrected chi connectivity index (χ2v) is 9.74. The molecular formula is C21H41IN4OS. The maximum atomic E-state index is 5.57. The van der Waals surface area contributed by atoms with E-state index in [1.807, 2.05) is 11.8 Å². The number of nitrogens with one attached hydrogen (secondary N) is 2. The third-order valence-electron chi connectivity index (χ3n) is 6.59. The van der Waals surface area contributed by atoms with Gasteiger partial charge in [-0.1, -0.05) is 19.3 Å². The zero-order valence-corrected chi connectivity index (χ0v) is 21.0. The van der Waals surface area contributed by atoms with Gasteiger partial charge in [-0.05, 0) is 58.2 Å². The largest absolute Gasteiger partial charge is 0.381 e. The van der Waals surface area contributed by atoms with E-state index in [4.69, 9.17) is 9.73 Å². The fraction of sp³-hybridized carbons (Fsp3) is 0.952. The number of hydrogen-bond acceptors (Lipinski definition) is 4. The van der Waals surface area contributed by atoms with Crippen molar-refractivity contribution in [2.45, 2.75) is 81.5 Å². The first kappa shape index (κ1) is 24.5. The van der Waals surface area contributed by atoms with Crippen molar-refractivity contribution in [2.75, 3.05) is 45.6 Å². The van der Waals surface area contributed by atoms with Gasteiger partial charge >= 0.3 is 0 Å². The van der Waals surface area contributed by atoms with Crippen LogP contribution < -0.4 is 10.6 Å². The zero-order valence-electron chi connectivity index (χ0n) is 17.9. The minimum atomic E-state index is 0. The van der Waals surface area contributed by atoms with Crippen LogP contribution in [0.25, 0.3) is 0 Å². The van der Waals surface area contributed by atoms with E-state index in [1.165, 1.54) is 58.0 Å². The molecule has 2 heterocycles. The van der Waals surface area contributed by atoms with E-state index in [0.29, 0.717) is 6.04 Å². The zero-order chi connectivity index (χ0) is 19.0. The minimum absolute atomic E-state index is 0. The monoisotopic (exact) mass is 524 g/mol. The highest BCUT2D eigenvalue weighted by molar-refractivity contribution is 14.0. The predicted molar refractivity (Wildman–Crippen MR) is 132 cm³/mol. The van der Waals surface area contributed by atoms with Crippen molar-refractivity contribution in [3.05, 3.63) is 0 Å². The average molecular weight is 525 g/mol. The molecule has 3 aliphatic rings. The van der Waals surface area contributed by atoms with Gasteiger partial charge in [-0.3, -0.25) is 9.89 Å². The molecule has 0 aromatic carbocycles. The highest BCUT2D eigenvalue weighted by Crippen LogP contribution is 2.34. The van der Waals surface area contributed by atoms with Crippen LogP contribution in [0.1, 0.15) is 64.7 Å². The lowest BCUT2D eigenvalue weighted by Crippen LogP contribution is -2.54. The van der Waals surface area contributed by atoms with Gasteiger partial charge in [0, 0.05) is 43.1 Å². The Morgan fingerprint density at radius 1 is 1.14 bits per heavy atom. The molecule has 2 aliphatic heterocycles. The lowest BCUT2D eigenvalue weighted by molar-refractivity contribution is 0.0794. The number of likely N-dealkylation sites (tertiary alicyclic amines) is 1. The highest BCUT2D eigenvalue weighted by Gasteiger charge is 2.32.